The molecule has 1 aliphatic rings. The van der Waals surface area contributed by atoms with Gasteiger partial charge in [-0.15, -0.1) is 0 Å². The molecule has 4 N–H and O–H groups in total. The van der Waals surface area contributed by atoms with Crippen molar-refractivity contribution in [1.29, 1.82) is 0 Å². The van der Waals surface area contributed by atoms with Crippen molar-refractivity contribution < 1.29 is 19.1 Å². The highest BCUT2D eigenvalue weighted by molar-refractivity contribution is 7.98. The molecule has 0 unspecified atom stereocenters. The molecule has 1 fully saturated rings. The van der Waals surface area contributed by atoms with Crippen LogP contribution in [0, 0.1) is 5.82 Å². The second-order valence-corrected chi connectivity index (χ2v) is 7.27. The van der Waals surface area contributed by atoms with Gasteiger partial charge in [0.05, 0.1) is 5.69 Å². The highest BCUT2D eigenvalue weighted by Crippen LogP contribution is 2.29. The molecule has 29 heavy (non-hydrogen) atoms. The van der Waals surface area contributed by atoms with E-state index >= 15 is 0 Å². The Kier molecular flexibility index (Phi) is 6.28. The predicted octanol–water partition coefficient (Wildman–Crippen LogP) is 2.63. The van der Waals surface area contributed by atoms with Gasteiger partial charge in [-0.1, -0.05) is 23.4 Å². The van der Waals surface area contributed by atoms with Crippen LogP contribution in [0.4, 0.5) is 26.4 Å². The van der Waals surface area contributed by atoms with Crippen molar-refractivity contribution in [2.24, 2.45) is 5.73 Å². The molecule has 1 aliphatic heterocycles. The fourth-order valence-electron chi connectivity index (χ4n) is 2.90. The molecule has 3 rings (SSSR count). The van der Waals surface area contributed by atoms with E-state index in [1.165, 1.54) is 28.8 Å². The number of hydrogen-bond donors (Lipinski definition) is 3. The van der Waals surface area contributed by atoms with Crippen molar-refractivity contribution >= 4 is 52.6 Å². The quantitative estimate of drug-likeness (QED) is 0.368. The molecule has 0 saturated carbocycles. The van der Waals surface area contributed by atoms with Gasteiger partial charge in [0.2, 0.25) is 0 Å². The van der Waals surface area contributed by atoms with Crippen molar-refractivity contribution in [3.05, 3.63) is 34.7 Å². The average Bonchev–Trinajstić information content (AvgIpc) is 2.68. The summed E-state index contributed by atoms with van der Waals surface area (Å²) in [5.74, 6) is -1.39. The lowest BCUT2D eigenvalue weighted by Crippen LogP contribution is -2.48. The van der Waals surface area contributed by atoms with E-state index < -0.39 is 17.8 Å². The van der Waals surface area contributed by atoms with E-state index in [4.69, 9.17) is 22.4 Å². The Labute approximate surface area is 175 Å². The molecule has 0 spiro atoms. The van der Waals surface area contributed by atoms with Gasteiger partial charge in [-0.25, -0.2) is 19.2 Å². The summed E-state index contributed by atoms with van der Waals surface area (Å²) in [5.41, 5.74) is 5.94. The summed E-state index contributed by atoms with van der Waals surface area (Å²) in [6.07, 6.45) is 0.771. The first-order valence-electron chi connectivity index (χ1n) is 8.51. The first kappa shape index (κ1) is 20.9. The number of piperazine rings is 1. The number of thioether (sulfide) groups is 1. The Morgan fingerprint density at radius 1 is 1.28 bits per heavy atom. The van der Waals surface area contributed by atoms with Crippen LogP contribution in [0.1, 0.15) is 10.4 Å². The molecule has 1 aromatic heterocycles. The van der Waals surface area contributed by atoms with Crippen LogP contribution in [0.3, 0.4) is 0 Å². The lowest BCUT2D eigenvalue weighted by molar-refractivity contribution is 0.1000. The molecule has 9 nitrogen and oxygen atoms in total. The fourth-order valence-corrected chi connectivity index (χ4v) is 3.58. The molecule has 12 heteroatoms. The minimum absolute atomic E-state index is 0.0172. The van der Waals surface area contributed by atoms with Crippen molar-refractivity contribution in [3.63, 3.8) is 0 Å². The first-order valence-corrected chi connectivity index (χ1v) is 10.1. The lowest BCUT2D eigenvalue weighted by atomic mass is 10.2. The monoisotopic (exact) mass is 440 g/mol. The van der Waals surface area contributed by atoms with Crippen LogP contribution < -0.4 is 16.0 Å². The Morgan fingerprint density at radius 3 is 2.52 bits per heavy atom. The van der Waals surface area contributed by atoms with Gasteiger partial charge in [-0.3, -0.25) is 4.79 Å². The maximum atomic E-state index is 14.7. The Bertz CT molecular complexity index is 955. The largest absolute Gasteiger partial charge is 0.465 e. The number of nitrogens with one attached hydrogen (secondary N) is 1. The van der Waals surface area contributed by atoms with Crippen LogP contribution >= 0.6 is 23.4 Å². The number of halogens is 2. The number of benzene rings is 1. The summed E-state index contributed by atoms with van der Waals surface area (Å²) >= 11 is 7.23. The molecule has 2 aromatic rings. The highest BCUT2D eigenvalue weighted by Gasteiger charge is 2.22. The van der Waals surface area contributed by atoms with Gasteiger partial charge in [0.25, 0.3) is 5.91 Å². The van der Waals surface area contributed by atoms with Crippen LogP contribution in [0.2, 0.25) is 5.15 Å². The van der Waals surface area contributed by atoms with Crippen LogP contribution in [0.25, 0.3) is 0 Å². The molecule has 1 aromatic carbocycles. The standard InChI is InChI=1S/C17H18ClFN6O3S/c1-29-16-22-13(18)12(14(20)26)15(23-16)21-11-3-2-9(8-10(11)19)24-4-6-25(7-5-24)17(27)28/h2-3,8H,4-7H2,1H3,(H2,20,26)(H,27,28)(H,21,22,23). The topological polar surface area (TPSA) is 125 Å². The third kappa shape index (κ3) is 4.62. The van der Waals surface area contributed by atoms with Gasteiger partial charge in [0.1, 0.15) is 22.4 Å². The minimum atomic E-state index is -0.964. The summed E-state index contributed by atoms with van der Waals surface area (Å²) in [4.78, 5) is 34.1. The second-order valence-electron chi connectivity index (χ2n) is 6.13. The molecule has 0 aliphatic carbocycles. The summed E-state index contributed by atoms with van der Waals surface area (Å²) in [7, 11) is 0. The van der Waals surface area contributed by atoms with Gasteiger partial charge in [0, 0.05) is 31.9 Å². The average molecular weight is 441 g/mol. The Morgan fingerprint density at radius 2 is 1.97 bits per heavy atom. The number of nitrogens with two attached hydrogens (primary N) is 1. The van der Waals surface area contributed by atoms with Gasteiger partial charge in [-0.05, 0) is 24.5 Å². The normalized spacial score (nSPS) is 14.0. The smallest absolute Gasteiger partial charge is 0.407 e. The molecule has 2 amide bonds. The SMILES string of the molecule is CSc1nc(Cl)c(C(N)=O)c(Nc2ccc(N3CCN(C(=O)O)CC3)cc2F)n1. The van der Waals surface area contributed by atoms with Gasteiger partial charge >= 0.3 is 6.09 Å². The number of carbonyl (C=O) groups is 2. The van der Waals surface area contributed by atoms with Crippen LogP contribution in [-0.2, 0) is 0 Å². The van der Waals surface area contributed by atoms with Gasteiger partial charge in [0.15, 0.2) is 5.16 Å². The predicted molar refractivity (Wildman–Crippen MR) is 109 cm³/mol. The fraction of sp³-hybridized carbons (Fsp3) is 0.294. The summed E-state index contributed by atoms with van der Waals surface area (Å²) < 4.78 is 14.7. The number of anilines is 3. The Balaban J connectivity index is 1.83. The highest BCUT2D eigenvalue weighted by atomic mass is 35.5. The maximum absolute atomic E-state index is 14.7. The zero-order chi connectivity index (χ0) is 21.1. The number of primary amides is 1. The molecule has 154 valence electrons. The third-order valence-electron chi connectivity index (χ3n) is 4.39. The number of rotatable bonds is 5. The molecular formula is C17H18ClFN6O3S. The molecule has 0 atom stereocenters. The third-order valence-corrected chi connectivity index (χ3v) is 5.22. The van der Waals surface area contributed by atoms with Crippen LogP contribution in [-0.4, -0.2) is 64.4 Å². The van der Waals surface area contributed by atoms with E-state index in [-0.39, 0.29) is 22.2 Å². The number of amides is 2. The number of aromatic nitrogens is 2. The van der Waals surface area contributed by atoms with Crippen molar-refractivity contribution in [2.75, 3.05) is 42.7 Å². The number of hydrogen-bond acceptors (Lipinski definition) is 7. The van der Waals surface area contributed by atoms with Crippen LogP contribution in [0.5, 0.6) is 0 Å². The van der Waals surface area contributed by atoms with E-state index in [1.807, 2.05) is 4.90 Å². The molecule has 2 heterocycles. The summed E-state index contributed by atoms with van der Waals surface area (Å²) in [6, 6.07) is 4.54. The van der Waals surface area contributed by atoms with Gasteiger partial charge in [-0.2, -0.15) is 0 Å². The number of carbonyl (C=O) groups excluding carboxylic acids is 1. The van der Waals surface area contributed by atoms with Crippen molar-refractivity contribution in [2.45, 2.75) is 5.16 Å². The van der Waals surface area contributed by atoms with Crippen molar-refractivity contribution in [1.82, 2.24) is 14.9 Å². The zero-order valence-corrected chi connectivity index (χ0v) is 16.9. The van der Waals surface area contributed by atoms with E-state index in [1.54, 1.807) is 12.3 Å². The van der Waals surface area contributed by atoms with E-state index in [0.29, 0.717) is 37.0 Å². The van der Waals surface area contributed by atoms with E-state index in [2.05, 4.69) is 15.3 Å². The molecule has 0 radical (unpaired) electrons. The summed E-state index contributed by atoms with van der Waals surface area (Å²) in [6.45, 7) is 1.61. The zero-order valence-electron chi connectivity index (χ0n) is 15.4. The molecule has 1 saturated heterocycles. The van der Waals surface area contributed by atoms with Crippen LogP contribution in [0.15, 0.2) is 23.4 Å². The second kappa shape index (κ2) is 8.70. The number of carboxylic acid groups (broad SMARTS) is 1. The first-order chi connectivity index (χ1) is 13.8. The number of nitrogens with zero attached hydrogens (tertiary/aromatic N) is 4. The minimum Gasteiger partial charge on any atom is -0.465 e. The van der Waals surface area contributed by atoms with Gasteiger partial charge < -0.3 is 26.0 Å². The maximum Gasteiger partial charge on any atom is 0.407 e. The van der Waals surface area contributed by atoms with Crippen molar-refractivity contribution in [3.8, 4) is 0 Å². The lowest BCUT2D eigenvalue weighted by Gasteiger charge is -2.34. The summed E-state index contributed by atoms with van der Waals surface area (Å²) in [5, 5.41) is 12.0. The Hall–Kier alpha value is -2.79. The molecule has 0 bridgehead atoms. The van der Waals surface area contributed by atoms with E-state index in [0.717, 1.165) is 0 Å². The molecular weight excluding hydrogens is 423 g/mol. The van der Waals surface area contributed by atoms with E-state index in [9.17, 15) is 14.0 Å².